The van der Waals surface area contributed by atoms with E-state index in [0.717, 1.165) is 4.34 Å². The van der Waals surface area contributed by atoms with Crippen LogP contribution in [0.3, 0.4) is 0 Å². The molecule has 2 aromatic rings. The average Bonchev–Trinajstić information content (AvgIpc) is 2.84. The first kappa shape index (κ1) is 12.1. The highest BCUT2D eigenvalue weighted by molar-refractivity contribution is 8.00. The zero-order chi connectivity index (χ0) is 12.3. The van der Waals surface area contributed by atoms with Crippen LogP contribution < -0.4 is 0 Å². The van der Waals surface area contributed by atoms with E-state index < -0.39 is 5.97 Å². The Kier molecular flexibility index (Phi) is 3.75. The van der Waals surface area contributed by atoms with E-state index >= 15 is 0 Å². The number of carbonyl (C=O) groups is 1. The Morgan fingerprint density at radius 3 is 3.06 bits per heavy atom. The molecule has 0 amide bonds. The summed E-state index contributed by atoms with van der Waals surface area (Å²) in [5, 5.41) is 17.9. The summed E-state index contributed by atoms with van der Waals surface area (Å²) >= 11 is 2.87. The quantitative estimate of drug-likeness (QED) is 0.828. The van der Waals surface area contributed by atoms with Crippen LogP contribution in [0.1, 0.15) is 17.5 Å². The summed E-state index contributed by atoms with van der Waals surface area (Å²) in [6.45, 7) is 1.73. The molecule has 0 aromatic carbocycles. The summed E-state index contributed by atoms with van der Waals surface area (Å²) in [5.41, 5.74) is 0.576. The predicted octanol–water partition coefficient (Wildman–Crippen LogP) is 1.75. The van der Waals surface area contributed by atoms with E-state index in [1.165, 1.54) is 23.1 Å². The second-order valence-corrected chi connectivity index (χ2v) is 5.26. The van der Waals surface area contributed by atoms with Crippen LogP contribution in [0.25, 0.3) is 0 Å². The molecule has 0 spiro atoms. The number of hydrogen-bond acceptors (Lipinski definition) is 7. The first-order chi connectivity index (χ1) is 8.13. The fraction of sp³-hybridized carbons (Fsp3) is 0.333. The highest BCUT2D eigenvalue weighted by Crippen LogP contribution is 2.25. The Balaban J connectivity index is 1.91. The number of carboxylic acids is 1. The van der Waals surface area contributed by atoms with Gasteiger partial charge >= 0.3 is 5.97 Å². The van der Waals surface area contributed by atoms with Gasteiger partial charge in [-0.25, -0.2) is 4.98 Å². The molecule has 0 atom stereocenters. The van der Waals surface area contributed by atoms with Gasteiger partial charge in [-0.3, -0.25) is 4.79 Å². The summed E-state index contributed by atoms with van der Waals surface area (Å²) in [5.74, 6) is 0.745. The zero-order valence-corrected chi connectivity index (χ0v) is 10.5. The lowest BCUT2D eigenvalue weighted by molar-refractivity contribution is -0.136. The van der Waals surface area contributed by atoms with Gasteiger partial charge in [0.2, 0.25) is 11.8 Å². The lowest BCUT2D eigenvalue weighted by Gasteiger charge is -1.91. The van der Waals surface area contributed by atoms with Gasteiger partial charge in [-0.1, -0.05) is 11.8 Å². The van der Waals surface area contributed by atoms with Crippen molar-refractivity contribution < 1.29 is 14.3 Å². The smallest absolute Gasteiger partial charge is 0.309 e. The van der Waals surface area contributed by atoms with Crippen molar-refractivity contribution in [2.24, 2.45) is 0 Å². The molecule has 0 aliphatic rings. The van der Waals surface area contributed by atoms with Crippen molar-refractivity contribution in [1.29, 1.82) is 0 Å². The first-order valence-corrected chi connectivity index (χ1v) is 6.58. The maximum atomic E-state index is 10.5. The molecule has 8 heteroatoms. The van der Waals surface area contributed by atoms with Gasteiger partial charge in [0.1, 0.15) is 0 Å². The zero-order valence-electron chi connectivity index (χ0n) is 8.91. The summed E-state index contributed by atoms with van der Waals surface area (Å²) < 4.78 is 6.02. The van der Waals surface area contributed by atoms with Crippen LogP contribution in [0.5, 0.6) is 0 Å². The van der Waals surface area contributed by atoms with Crippen LogP contribution in [0, 0.1) is 6.92 Å². The first-order valence-electron chi connectivity index (χ1n) is 4.71. The Bertz CT molecular complexity index is 523. The van der Waals surface area contributed by atoms with E-state index in [4.69, 9.17) is 9.52 Å². The molecule has 2 heterocycles. The molecular formula is C9H9N3O3S2. The van der Waals surface area contributed by atoms with Gasteiger partial charge in [-0.05, 0) is 0 Å². The Hall–Kier alpha value is -1.41. The van der Waals surface area contributed by atoms with Crippen LogP contribution in [0.15, 0.2) is 14.1 Å². The van der Waals surface area contributed by atoms with Crippen LogP contribution in [-0.2, 0) is 17.0 Å². The molecule has 0 bridgehead atoms. The van der Waals surface area contributed by atoms with E-state index in [-0.39, 0.29) is 6.42 Å². The van der Waals surface area contributed by atoms with Gasteiger partial charge in [0.15, 0.2) is 4.34 Å². The Labute approximate surface area is 105 Å². The standard InChI is InChI=1S/C9H9N3O3S2/c1-5-11-12-7(15-5)4-17-9-10-6(3-16-9)2-8(13)14/h3H,2,4H2,1H3,(H,13,14). The molecular weight excluding hydrogens is 262 g/mol. The van der Waals surface area contributed by atoms with E-state index in [1.807, 2.05) is 0 Å². The highest BCUT2D eigenvalue weighted by Gasteiger charge is 2.08. The highest BCUT2D eigenvalue weighted by atomic mass is 32.2. The van der Waals surface area contributed by atoms with Crippen molar-refractivity contribution in [3.8, 4) is 0 Å². The molecule has 0 aliphatic heterocycles. The predicted molar refractivity (Wildman–Crippen MR) is 62.0 cm³/mol. The van der Waals surface area contributed by atoms with E-state index in [9.17, 15) is 4.79 Å². The van der Waals surface area contributed by atoms with Crippen molar-refractivity contribution >= 4 is 29.1 Å². The number of thioether (sulfide) groups is 1. The fourth-order valence-corrected chi connectivity index (χ4v) is 2.79. The minimum Gasteiger partial charge on any atom is -0.481 e. The van der Waals surface area contributed by atoms with Gasteiger partial charge in [0.25, 0.3) is 0 Å². The molecule has 0 fully saturated rings. The Morgan fingerprint density at radius 2 is 2.41 bits per heavy atom. The van der Waals surface area contributed by atoms with Gasteiger partial charge in [0.05, 0.1) is 17.9 Å². The van der Waals surface area contributed by atoms with E-state index in [0.29, 0.717) is 23.2 Å². The van der Waals surface area contributed by atoms with Crippen LogP contribution >= 0.6 is 23.1 Å². The second-order valence-electron chi connectivity index (χ2n) is 3.18. The largest absolute Gasteiger partial charge is 0.481 e. The number of aliphatic carboxylic acids is 1. The summed E-state index contributed by atoms with van der Waals surface area (Å²) in [4.78, 5) is 14.7. The normalized spacial score (nSPS) is 10.6. The summed E-state index contributed by atoms with van der Waals surface area (Å²) in [7, 11) is 0. The van der Waals surface area contributed by atoms with Crippen molar-refractivity contribution in [3.05, 3.63) is 22.9 Å². The third-order valence-electron chi connectivity index (χ3n) is 1.75. The monoisotopic (exact) mass is 271 g/mol. The number of nitrogens with zero attached hydrogens (tertiary/aromatic N) is 3. The van der Waals surface area contributed by atoms with Crippen molar-refractivity contribution in [1.82, 2.24) is 15.2 Å². The second kappa shape index (κ2) is 5.28. The SMILES string of the molecule is Cc1nnc(CSc2nc(CC(=O)O)cs2)o1. The third kappa shape index (κ3) is 3.53. The molecule has 0 aliphatic carbocycles. The molecule has 2 aromatic heterocycles. The number of aromatic nitrogens is 3. The molecule has 0 radical (unpaired) electrons. The molecule has 0 saturated carbocycles. The molecule has 1 N–H and O–H groups in total. The minimum atomic E-state index is -0.876. The van der Waals surface area contributed by atoms with Crippen LogP contribution in [0.4, 0.5) is 0 Å². The van der Waals surface area contributed by atoms with Gasteiger partial charge in [0, 0.05) is 12.3 Å². The molecule has 0 saturated heterocycles. The van der Waals surface area contributed by atoms with Crippen LogP contribution in [0.2, 0.25) is 0 Å². The molecule has 0 unspecified atom stereocenters. The van der Waals surface area contributed by atoms with Crippen LogP contribution in [-0.4, -0.2) is 26.3 Å². The maximum absolute atomic E-state index is 10.5. The number of thiazole rings is 1. The van der Waals surface area contributed by atoms with Crippen molar-refractivity contribution in [3.63, 3.8) is 0 Å². The fourth-order valence-electron chi connectivity index (χ4n) is 1.11. The molecule has 17 heavy (non-hydrogen) atoms. The number of hydrogen-bond donors (Lipinski definition) is 1. The van der Waals surface area contributed by atoms with Gasteiger partial charge in [-0.15, -0.1) is 21.5 Å². The lowest BCUT2D eigenvalue weighted by Crippen LogP contribution is -1.99. The maximum Gasteiger partial charge on any atom is 0.309 e. The average molecular weight is 271 g/mol. The number of rotatable bonds is 5. The van der Waals surface area contributed by atoms with E-state index in [2.05, 4.69) is 15.2 Å². The molecule has 6 nitrogen and oxygen atoms in total. The molecule has 2 rings (SSSR count). The van der Waals surface area contributed by atoms with Crippen molar-refractivity contribution in [2.45, 2.75) is 23.4 Å². The van der Waals surface area contributed by atoms with Crippen molar-refractivity contribution in [2.75, 3.05) is 0 Å². The minimum absolute atomic E-state index is 0.0449. The Morgan fingerprint density at radius 1 is 1.59 bits per heavy atom. The number of aryl methyl sites for hydroxylation is 1. The van der Waals surface area contributed by atoms with Gasteiger partial charge in [-0.2, -0.15) is 0 Å². The third-order valence-corrected chi connectivity index (χ3v) is 3.80. The summed E-state index contributed by atoms with van der Waals surface area (Å²) in [6.07, 6.45) is -0.0449. The topological polar surface area (TPSA) is 89.1 Å². The number of carboxylic acid groups (broad SMARTS) is 1. The van der Waals surface area contributed by atoms with Gasteiger partial charge < -0.3 is 9.52 Å². The lowest BCUT2D eigenvalue weighted by atomic mass is 10.3. The van der Waals surface area contributed by atoms with E-state index in [1.54, 1.807) is 12.3 Å². The summed E-state index contributed by atoms with van der Waals surface area (Å²) in [6, 6.07) is 0. The molecule has 90 valence electrons.